The van der Waals surface area contributed by atoms with E-state index >= 15 is 0 Å². The van der Waals surface area contributed by atoms with Crippen LogP contribution < -0.4 is 11.5 Å². The number of anilines is 1. The number of carbonyl (C=O) groups is 1. The summed E-state index contributed by atoms with van der Waals surface area (Å²) in [5.41, 5.74) is 11.3. The molecule has 0 fully saturated rings. The number of hydrogen-bond donors (Lipinski definition) is 2. The third-order valence-electron chi connectivity index (χ3n) is 2.62. The van der Waals surface area contributed by atoms with Gasteiger partial charge in [-0.3, -0.25) is 4.79 Å². The minimum Gasteiger partial charge on any atom is -0.383 e. The van der Waals surface area contributed by atoms with Crippen LogP contribution in [0.5, 0.6) is 0 Å². The van der Waals surface area contributed by atoms with Crippen molar-refractivity contribution in [1.29, 1.82) is 0 Å². The fraction of sp³-hybridized carbons (Fsp3) is 0.0769. The number of nitrogens with zero attached hydrogens (tertiary/aromatic N) is 1. The van der Waals surface area contributed by atoms with Crippen LogP contribution in [0.3, 0.4) is 0 Å². The van der Waals surface area contributed by atoms with E-state index in [0.29, 0.717) is 5.56 Å². The van der Waals surface area contributed by atoms with E-state index in [0.717, 1.165) is 0 Å². The van der Waals surface area contributed by atoms with Gasteiger partial charge in [-0.15, -0.1) is 0 Å². The average Bonchev–Trinajstić information content (AvgIpc) is 2.38. The number of benzene rings is 1. The lowest BCUT2D eigenvalue weighted by molar-refractivity contribution is 0.0998. The number of alkyl halides is 1. The summed E-state index contributed by atoms with van der Waals surface area (Å²) in [5.74, 6) is -0.840. The second kappa shape index (κ2) is 4.83. The van der Waals surface area contributed by atoms with Gasteiger partial charge in [0.1, 0.15) is 5.82 Å². The summed E-state index contributed by atoms with van der Waals surface area (Å²) in [6, 6.07) is 9.89. The molecule has 92 valence electrons. The molecule has 0 saturated heterocycles. The fourth-order valence-corrected chi connectivity index (χ4v) is 1.77. The van der Waals surface area contributed by atoms with Gasteiger partial charge in [0.05, 0.1) is 5.56 Å². The minimum absolute atomic E-state index is 0.0569. The number of aromatic nitrogens is 1. The molecule has 0 aliphatic heterocycles. The Morgan fingerprint density at radius 2 is 1.89 bits per heavy atom. The largest absolute Gasteiger partial charge is 0.383 e. The highest BCUT2D eigenvalue weighted by Gasteiger charge is 2.21. The number of pyridine rings is 1. The molecule has 0 bridgehead atoms. The van der Waals surface area contributed by atoms with Crippen molar-refractivity contribution in [2.24, 2.45) is 5.73 Å². The highest BCUT2D eigenvalue weighted by atomic mass is 19.1. The van der Waals surface area contributed by atoms with E-state index in [1.54, 1.807) is 30.3 Å². The molecule has 2 rings (SSSR count). The van der Waals surface area contributed by atoms with Gasteiger partial charge in [-0.25, -0.2) is 9.37 Å². The summed E-state index contributed by atoms with van der Waals surface area (Å²) in [6.45, 7) is 0. The van der Waals surface area contributed by atoms with Gasteiger partial charge in [-0.2, -0.15) is 0 Å². The molecule has 1 atom stereocenters. The molecule has 18 heavy (non-hydrogen) atoms. The van der Waals surface area contributed by atoms with Crippen molar-refractivity contribution in [3.63, 3.8) is 0 Å². The van der Waals surface area contributed by atoms with Gasteiger partial charge < -0.3 is 11.5 Å². The Labute approximate surface area is 103 Å². The Morgan fingerprint density at radius 3 is 2.50 bits per heavy atom. The third kappa shape index (κ3) is 2.15. The number of nitrogen functional groups attached to an aromatic ring is 1. The molecule has 0 radical (unpaired) electrons. The molecule has 0 aliphatic rings. The van der Waals surface area contributed by atoms with Crippen molar-refractivity contribution in [3.05, 3.63) is 59.3 Å². The maximum absolute atomic E-state index is 14.4. The van der Waals surface area contributed by atoms with Crippen molar-refractivity contribution in [2.75, 3.05) is 5.73 Å². The van der Waals surface area contributed by atoms with Crippen molar-refractivity contribution in [2.45, 2.75) is 6.17 Å². The van der Waals surface area contributed by atoms with Crippen LogP contribution in [-0.2, 0) is 0 Å². The normalized spacial score (nSPS) is 12.1. The number of amides is 1. The molecule has 0 spiro atoms. The van der Waals surface area contributed by atoms with Gasteiger partial charge in [-0.1, -0.05) is 30.3 Å². The van der Waals surface area contributed by atoms with E-state index in [1.807, 2.05) is 0 Å². The predicted octanol–water partition coefficient (Wildman–Crippen LogP) is 1.82. The molecule has 1 unspecified atom stereocenters. The third-order valence-corrected chi connectivity index (χ3v) is 2.62. The highest BCUT2D eigenvalue weighted by molar-refractivity contribution is 5.98. The van der Waals surface area contributed by atoms with Crippen molar-refractivity contribution in [3.8, 4) is 0 Å². The Balaban J connectivity index is 2.52. The maximum Gasteiger partial charge on any atom is 0.252 e. The minimum atomic E-state index is -1.46. The Morgan fingerprint density at radius 1 is 1.22 bits per heavy atom. The zero-order valence-electron chi connectivity index (χ0n) is 9.51. The van der Waals surface area contributed by atoms with Gasteiger partial charge in [0.2, 0.25) is 0 Å². The van der Waals surface area contributed by atoms with Gasteiger partial charge in [-0.05, 0) is 11.6 Å². The monoisotopic (exact) mass is 245 g/mol. The molecule has 4 nitrogen and oxygen atoms in total. The van der Waals surface area contributed by atoms with E-state index in [2.05, 4.69) is 4.98 Å². The highest BCUT2D eigenvalue weighted by Crippen LogP contribution is 2.29. The molecule has 1 amide bonds. The van der Waals surface area contributed by atoms with Crippen LogP contribution in [0.4, 0.5) is 10.2 Å². The summed E-state index contributed by atoms with van der Waals surface area (Å²) in [4.78, 5) is 15.1. The smallest absolute Gasteiger partial charge is 0.252 e. The van der Waals surface area contributed by atoms with Crippen LogP contribution >= 0.6 is 0 Å². The number of rotatable bonds is 3. The van der Waals surface area contributed by atoms with Gasteiger partial charge in [0, 0.05) is 11.8 Å². The van der Waals surface area contributed by atoms with E-state index in [4.69, 9.17) is 11.5 Å². The summed E-state index contributed by atoms with van der Waals surface area (Å²) in [6.07, 6.45) is -0.105. The maximum atomic E-state index is 14.4. The van der Waals surface area contributed by atoms with Crippen molar-refractivity contribution < 1.29 is 9.18 Å². The lowest BCUT2D eigenvalue weighted by atomic mass is 9.98. The summed E-state index contributed by atoms with van der Waals surface area (Å²) in [5, 5.41) is 0. The second-order valence-corrected chi connectivity index (χ2v) is 3.80. The SMILES string of the molecule is NC(=O)c1c(C(F)c2ccccc2)ccnc1N. The number of hydrogen-bond acceptors (Lipinski definition) is 3. The second-order valence-electron chi connectivity index (χ2n) is 3.80. The summed E-state index contributed by atoms with van der Waals surface area (Å²) in [7, 11) is 0. The first-order valence-electron chi connectivity index (χ1n) is 5.34. The standard InChI is InChI=1S/C13H12FN3O/c14-11(8-4-2-1-3-5-8)9-6-7-17-12(15)10(9)13(16)18/h1-7,11H,(H2,15,17)(H2,16,18). The molecule has 1 aromatic carbocycles. The zero-order valence-corrected chi connectivity index (χ0v) is 9.51. The molecular formula is C13H12FN3O. The zero-order chi connectivity index (χ0) is 13.1. The number of nitrogens with two attached hydrogens (primary N) is 2. The molecule has 1 heterocycles. The van der Waals surface area contributed by atoms with Crippen LogP contribution in [0.25, 0.3) is 0 Å². The van der Waals surface area contributed by atoms with Crippen LogP contribution in [0, 0.1) is 0 Å². The average molecular weight is 245 g/mol. The molecular weight excluding hydrogens is 233 g/mol. The van der Waals surface area contributed by atoms with Crippen molar-refractivity contribution >= 4 is 11.7 Å². The lowest BCUT2D eigenvalue weighted by Gasteiger charge is -2.13. The molecule has 0 aliphatic carbocycles. The van der Waals surface area contributed by atoms with E-state index < -0.39 is 12.1 Å². The topological polar surface area (TPSA) is 82.0 Å². The quantitative estimate of drug-likeness (QED) is 0.865. The molecule has 1 aromatic heterocycles. The molecule has 2 aromatic rings. The van der Waals surface area contributed by atoms with Crippen LogP contribution in [-0.4, -0.2) is 10.9 Å². The van der Waals surface area contributed by atoms with Crippen LogP contribution in [0.2, 0.25) is 0 Å². The van der Waals surface area contributed by atoms with Gasteiger partial charge >= 0.3 is 0 Å². The van der Waals surface area contributed by atoms with Gasteiger partial charge in [0.25, 0.3) is 5.91 Å². The lowest BCUT2D eigenvalue weighted by Crippen LogP contribution is -2.18. The number of primary amides is 1. The van der Waals surface area contributed by atoms with E-state index in [-0.39, 0.29) is 16.9 Å². The molecule has 0 saturated carbocycles. The van der Waals surface area contributed by atoms with E-state index in [1.165, 1.54) is 12.3 Å². The predicted molar refractivity (Wildman–Crippen MR) is 66.6 cm³/mol. The first-order valence-corrected chi connectivity index (χ1v) is 5.34. The van der Waals surface area contributed by atoms with E-state index in [9.17, 15) is 9.18 Å². The Kier molecular flexibility index (Phi) is 3.23. The summed E-state index contributed by atoms with van der Waals surface area (Å²) < 4.78 is 14.4. The Bertz CT molecular complexity index is 572. The number of halogens is 1. The fourth-order valence-electron chi connectivity index (χ4n) is 1.77. The van der Waals surface area contributed by atoms with Crippen LogP contribution in [0.1, 0.15) is 27.7 Å². The first-order chi connectivity index (χ1) is 8.61. The molecule has 4 N–H and O–H groups in total. The Hall–Kier alpha value is -2.43. The van der Waals surface area contributed by atoms with Gasteiger partial charge in [0.15, 0.2) is 6.17 Å². The first kappa shape index (κ1) is 12.0. The van der Waals surface area contributed by atoms with Crippen LogP contribution in [0.15, 0.2) is 42.6 Å². The van der Waals surface area contributed by atoms with Crippen molar-refractivity contribution in [1.82, 2.24) is 4.98 Å². The number of carbonyl (C=O) groups excluding carboxylic acids is 1. The molecule has 5 heteroatoms. The summed E-state index contributed by atoms with van der Waals surface area (Å²) >= 11 is 0.